The molecule has 1 aliphatic heterocycles. The molecule has 184 valence electrons. The largest absolute Gasteiger partial charge is 0.495 e. The van der Waals surface area contributed by atoms with Crippen molar-refractivity contribution in [2.75, 3.05) is 7.11 Å². The van der Waals surface area contributed by atoms with Crippen LogP contribution in [0, 0.1) is 12.7 Å². The van der Waals surface area contributed by atoms with Gasteiger partial charge in [0.15, 0.2) is 11.6 Å². The Morgan fingerprint density at radius 2 is 2.03 bits per heavy atom. The van der Waals surface area contributed by atoms with Crippen LogP contribution in [0.15, 0.2) is 59.8 Å². The van der Waals surface area contributed by atoms with Crippen LogP contribution >= 0.6 is 0 Å². The molecule has 1 N–H and O–H groups in total. The maximum Gasteiger partial charge on any atom is 0.279 e. The van der Waals surface area contributed by atoms with Gasteiger partial charge in [0.2, 0.25) is 0 Å². The van der Waals surface area contributed by atoms with E-state index >= 15 is 0 Å². The molecule has 0 amide bonds. The molecule has 0 spiro atoms. The van der Waals surface area contributed by atoms with Crippen LogP contribution in [0.2, 0.25) is 0 Å². The highest BCUT2D eigenvalue weighted by molar-refractivity contribution is 5.78. The molecule has 5 rings (SSSR count). The molecule has 8 nitrogen and oxygen atoms in total. The molecule has 2 aromatic carbocycles. The first kappa shape index (κ1) is 23.5. The van der Waals surface area contributed by atoms with Gasteiger partial charge in [-0.15, -0.1) is 0 Å². The van der Waals surface area contributed by atoms with Gasteiger partial charge in [-0.2, -0.15) is 4.98 Å². The van der Waals surface area contributed by atoms with E-state index in [1.807, 2.05) is 47.4 Å². The minimum Gasteiger partial charge on any atom is -0.495 e. The number of imidazole rings is 1. The zero-order valence-electron chi connectivity index (χ0n) is 20.1. The smallest absolute Gasteiger partial charge is 0.279 e. The first-order valence-electron chi connectivity index (χ1n) is 11.5. The van der Waals surface area contributed by atoms with E-state index in [0.29, 0.717) is 35.1 Å². The van der Waals surface area contributed by atoms with Gasteiger partial charge in [-0.05, 0) is 67.4 Å². The summed E-state index contributed by atoms with van der Waals surface area (Å²) in [5, 5.41) is 9.97. The Morgan fingerprint density at radius 1 is 1.25 bits per heavy atom. The molecule has 0 saturated carbocycles. The summed E-state index contributed by atoms with van der Waals surface area (Å²) in [5.74, 6) is 0.994. The molecule has 3 heterocycles. The molecule has 4 aromatic rings. The Kier molecular flexibility index (Phi) is 6.15. The normalized spacial score (nSPS) is 16.0. The molecule has 0 saturated heterocycles. The lowest BCUT2D eigenvalue weighted by molar-refractivity contribution is 0.144. The van der Waals surface area contributed by atoms with Crippen LogP contribution in [0.25, 0.3) is 28.8 Å². The number of hydrogen-bond acceptors (Lipinski definition) is 6. The van der Waals surface area contributed by atoms with Gasteiger partial charge in [-0.25, -0.2) is 9.37 Å². The van der Waals surface area contributed by atoms with Crippen molar-refractivity contribution < 1.29 is 19.0 Å². The van der Waals surface area contributed by atoms with E-state index in [-0.39, 0.29) is 17.5 Å². The topological polar surface area (TPSA) is 91.4 Å². The Hall–Kier alpha value is -4.24. The Labute approximate surface area is 206 Å². The molecule has 1 atom stereocenters. The van der Waals surface area contributed by atoms with Crippen LogP contribution in [0.4, 0.5) is 4.39 Å². The summed E-state index contributed by atoms with van der Waals surface area (Å²) in [6.07, 6.45) is 5.19. The van der Waals surface area contributed by atoms with E-state index in [4.69, 9.17) is 9.47 Å². The van der Waals surface area contributed by atoms with Gasteiger partial charge >= 0.3 is 0 Å². The number of ether oxygens (including phenoxy) is 2. The van der Waals surface area contributed by atoms with Gasteiger partial charge in [-0.3, -0.25) is 4.79 Å². The predicted molar refractivity (Wildman–Crippen MR) is 133 cm³/mol. The third kappa shape index (κ3) is 4.29. The van der Waals surface area contributed by atoms with Gasteiger partial charge in [0.1, 0.15) is 17.7 Å². The highest BCUT2D eigenvalue weighted by Gasteiger charge is 2.27. The molecule has 0 aliphatic carbocycles. The average molecular weight is 489 g/mol. The number of fused-ring (bicyclic) bond motifs is 1. The number of benzene rings is 2. The van der Waals surface area contributed by atoms with Gasteiger partial charge in [0.05, 0.1) is 49.2 Å². The molecule has 0 bridgehead atoms. The maximum absolute atomic E-state index is 13.6. The summed E-state index contributed by atoms with van der Waals surface area (Å²) < 4.78 is 29.0. The van der Waals surface area contributed by atoms with Gasteiger partial charge < -0.3 is 23.7 Å². The number of aromatic nitrogens is 4. The van der Waals surface area contributed by atoms with E-state index in [0.717, 1.165) is 16.9 Å². The third-order valence-corrected chi connectivity index (χ3v) is 6.03. The first-order chi connectivity index (χ1) is 17.4. The van der Waals surface area contributed by atoms with Crippen molar-refractivity contribution in [3.05, 3.63) is 93.8 Å². The van der Waals surface area contributed by atoms with Crippen molar-refractivity contribution in [3.63, 3.8) is 0 Å². The summed E-state index contributed by atoms with van der Waals surface area (Å²) in [4.78, 5) is 21.4. The molecule has 36 heavy (non-hydrogen) atoms. The van der Waals surface area contributed by atoms with Gasteiger partial charge in [-0.1, -0.05) is 6.07 Å². The summed E-state index contributed by atoms with van der Waals surface area (Å²) in [7, 11) is 1.60. The summed E-state index contributed by atoms with van der Waals surface area (Å²) >= 11 is 0. The lowest BCUT2D eigenvalue weighted by Crippen LogP contribution is -2.32. The lowest BCUT2D eigenvalue weighted by Gasteiger charge is -2.30. The highest BCUT2D eigenvalue weighted by Crippen LogP contribution is 2.33. The van der Waals surface area contributed by atoms with Crippen molar-refractivity contribution in [3.8, 4) is 22.7 Å². The lowest BCUT2D eigenvalue weighted by atomic mass is 10.0. The number of aryl methyl sites for hydroxylation is 1. The van der Waals surface area contributed by atoms with E-state index < -0.39 is 12.2 Å². The molecule has 0 fully saturated rings. The summed E-state index contributed by atoms with van der Waals surface area (Å²) in [5.41, 5.74) is 3.20. The monoisotopic (exact) mass is 488 g/mol. The van der Waals surface area contributed by atoms with Crippen LogP contribution < -0.4 is 10.3 Å². The SMILES string of the molecule is COc1cc(C=C2OC(C)Cn3c2nc(=O)c(CO)c3-c2ccc(F)cc2)ccc1-n1cnc(C)c1. The Bertz CT molecular complexity index is 1520. The van der Waals surface area contributed by atoms with Crippen molar-refractivity contribution >= 4 is 11.8 Å². The van der Waals surface area contributed by atoms with Crippen molar-refractivity contribution in [2.24, 2.45) is 0 Å². The number of halogens is 1. The van der Waals surface area contributed by atoms with Crippen molar-refractivity contribution in [1.29, 1.82) is 0 Å². The summed E-state index contributed by atoms with van der Waals surface area (Å²) in [6.45, 7) is 3.74. The van der Waals surface area contributed by atoms with Crippen LogP contribution in [0.5, 0.6) is 5.75 Å². The van der Waals surface area contributed by atoms with Gasteiger partial charge in [0, 0.05) is 6.20 Å². The van der Waals surface area contributed by atoms with Crippen molar-refractivity contribution in [2.45, 2.75) is 33.1 Å². The van der Waals surface area contributed by atoms with Crippen molar-refractivity contribution in [1.82, 2.24) is 19.1 Å². The number of nitrogens with zero attached hydrogens (tertiary/aromatic N) is 4. The minimum atomic E-state index is -0.560. The molecule has 1 unspecified atom stereocenters. The zero-order valence-corrected chi connectivity index (χ0v) is 20.1. The highest BCUT2D eigenvalue weighted by atomic mass is 19.1. The number of hydrogen-bond donors (Lipinski definition) is 1. The van der Waals surface area contributed by atoms with E-state index in [1.54, 1.807) is 31.6 Å². The maximum atomic E-state index is 13.6. The summed E-state index contributed by atoms with van der Waals surface area (Å²) in [6, 6.07) is 11.5. The zero-order chi connectivity index (χ0) is 25.4. The van der Waals surface area contributed by atoms with Crippen LogP contribution in [0.3, 0.4) is 0 Å². The quantitative estimate of drug-likeness (QED) is 0.457. The molecule has 1 aliphatic rings. The third-order valence-electron chi connectivity index (χ3n) is 6.03. The Balaban J connectivity index is 1.65. The van der Waals surface area contributed by atoms with E-state index in [2.05, 4.69) is 9.97 Å². The molecule has 2 aromatic heterocycles. The van der Waals surface area contributed by atoms with Crippen LogP contribution in [-0.2, 0) is 17.9 Å². The average Bonchev–Trinajstić information content (AvgIpc) is 3.30. The molecule has 0 radical (unpaired) electrons. The second kappa shape index (κ2) is 9.43. The molecule has 9 heteroatoms. The van der Waals surface area contributed by atoms with E-state index in [1.165, 1.54) is 12.1 Å². The second-order valence-electron chi connectivity index (χ2n) is 8.63. The van der Waals surface area contributed by atoms with Crippen LogP contribution in [-0.4, -0.2) is 37.4 Å². The van der Waals surface area contributed by atoms with Crippen LogP contribution in [0.1, 0.15) is 29.6 Å². The Morgan fingerprint density at radius 3 is 2.69 bits per heavy atom. The predicted octanol–water partition coefficient (Wildman–Crippen LogP) is 3.96. The fourth-order valence-electron chi connectivity index (χ4n) is 4.40. The number of rotatable bonds is 5. The fraction of sp³-hybridized carbons (Fsp3) is 0.222. The number of aliphatic hydroxyl groups excluding tert-OH is 1. The first-order valence-corrected chi connectivity index (χ1v) is 11.5. The minimum absolute atomic E-state index is 0.153. The standard InChI is InChI=1S/C27H25FN4O4/c1-16-12-31(15-29-16)22-9-4-18(10-23(22)35-3)11-24-26-30-27(34)21(14-33)25(32(26)13-17(2)36-24)19-5-7-20(28)8-6-19/h4-12,15,17,33H,13-14H2,1-3H3. The van der Waals surface area contributed by atoms with Gasteiger partial charge in [0.25, 0.3) is 5.56 Å². The number of methoxy groups -OCH3 is 1. The number of aliphatic hydroxyl groups is 1. The van der Waals surface area contributed by atoms with E-state index in [9.17, 15) is 14.3 Å². The molecular formula is C27H25FN4O4. The molecular weight excluding hydrogens is 463 g/mol. The fourth-order valence-corrected chi connectivity index (χ4v) is 4.40. The second-order valence-corrected chi connectivity index (χ2v) is 8.63.